The lowest BCUT2D eigenvalue weighted by molar-refractivity contribution is 0.162. The van der Waals surface area contributed by atoms with Crippen LogP contribution in [0.2, 0.25) is 0 Å². The lowest BCUT2D eigenvalue weighted by Crippen LogP contribution is -2.56. The summed E-state index contributed by atoms with van der Waals surface area (Å²) in [7, 11) is 0. The van der Waals surface area contributed by atoms with Gasteiger partial charge in [0.2, 0.25) is 5.95 Å². The molecule has 32 heavy (non-hydrogen) atoms. The number of anilines is 1. The third kappa shape index (κ3) is 5.97. The van der Waals surface area contributed by atoms with Crippen LogP contribution in [-0.4, -0.2) is 66.1 Å². The minimum atomic E-state index is -0.471. The first-order chi connectivity index (χ1) is 15.6. The minimum absolute atomic E-state index is 0.0240. The number of aromatic nitrogens is 1. The van der Waals surface area contributed by atoms with Crippen molar-refractivity contribution in [2.75, 3.05) is 44.2 Å². The molecule has 0 unspecified atom stereocenters. The number of hydrogen-bond donors (Lipinski definition) is 1. The zero-order chi connectivity index (χ0) is 22.3. The van der Waals surface area contributed by atoms with Gasteiger partial charge in [-0.3, -0.25) is 4.90 Å². The smallest absolute Gasteiger partial charge is 0.317 e. The molecule has 1 atom stereocenters. The van der Waals surface area contributed by atoms with Crippen LogP contribution in [0.4, 0.5) is 14.9 Å². The Morgan fingerprint density at radius 2 is 1.88 bits per heavy atom. The van der Waals surface area contributed by atoms with Gasteiger partial charge in [-0.2, -0.15) is 4.39 Å². The molecule has 0 aliphatic carbocycles. The second kappa shape index (κ2) is 10.8. The molecule has 1 aromatic heterocycles. The molecule has 2 aliphatic rings. The van der Waals surface area contributed by atoms with Crippen LogP contribution in [0.1, 0.15) is 31.7 Å². The number of nitrogens with zero attached hydrogens (tertiary/aromatic N) is 4. The summed E-state index contributed by atoms with van der Waals surface area (Å²) in [6.07, 6.45) is 5.00. The average Bonchev–Trinajstić information content (AvgIpc) is 2.81. The number of piperidine rings is 1. The fourth-order valence-electron chi connectivity index (χ4n) is 4.81. The number of nitrogens with one attached hydrogen (secondary N) is 1. The number of likely N-dealkylation sites (tertiary alicyclic amines) is 1. The van der Waals surface area contributed by atoms with Crippen molar-refractivity contribution < 1.29 is 9.18 Å². The molecule has 172 valence electrons. The topological polar surface area (TPSA) is 51.7 Å². The molecule has 3 heterocycles. The molecule has 2 aromatic rings. The molecule has 0 spiro atoms. The molecule has 2 amide bonds. The first-order valence-corrected chi connectivity index (χ1v) is 11.8. The zero-order valence-corrected chi connectivity index (χ0v) is 18.9. The van der Waals surface area contributed by atoms with Crippen molar-refractivity contribution in [3.63, 3.8) is 0 Å². The number of carbonyl (C=O) groups is 1. The molecule has 1 aromatic carbocycles. The maximum absolute atomic E-state index is 13.1. The van der Waals surface area contributed by atoms with Crippen LogP contribution in [0, 0.1) is 11.9 Å². The standard InChI is InChI=1S/C25H34FN5O/c1-20-18-30(23-7-8-24(26)28-17-23)15-16-31(20)25(32)27-12-9-21-10-13-29(14-11-21)19-22-5-3-2-4-6-22/h2-8,17,20-21H,9-16,18-19H2,1H3,(H,27,32)/t20-/m1/s1. The predicted octanol–water partition coefficient (Wildman–Crippen LogP) is 3.74. The Labute approximate surface area is 190 Å². The summed E-state index contributed by atoms with van der Waals surface area (Å²) in [5.41, 5.74) is 2.28. The highest BCUT2D eigenvalue weighted by Gasteiger charge is 2.28. The van der Waals surface area contributed by atoms with Gasteiger partial charge in [-0.25, -0.2) is 9.78 Å². The molecular formula is C25H34FN5O. The van der Waals surface area contributed by atoms with Gasteiger partial charge in [0.1, 0.15) is 0 Å². The monoisotopic (exact) mass is 439 g/mol. The highest BCUT2D eigenvalue weighted by Crippen LogP contribution is 2.22. The summed E-state index contributed by atoms with van der Waals surface area (Å²) in [5.74, 6) is 0.212. The van der Waals surface area contributed by atoms with Gasteiger partial charge in [0.05, 0.1) is 11.9 Å². The van der Waals surface area contributed by atoms with Crippen LogP contribution in [0.5, 0.6) is 0 Å². The molecule has 4 rings (SSSR count). The van der Waals surface area contributed by atoms with E-state index in [2.05, 4.69) is 57.4 Å². The Bertz CT molecular complexity index is 854. The van der Waals surface area contributed by atoms with E-state index in [1.165, 1.54) is 24.5 Å². The van der Waals surface area contributed by atoms with Crippen LogP contribution in [0.3, 0.4) is 0 Å². The molecule has 0 radical (unpaired) electrons. The highest BCUT2D eigenvalue weighted by molar-refractivity contribution is 5.75. The van der Waals surface area contributed by atoms with Crippen LogP contribution >= 0.6 is 0 Å². The van der Waals surface area contributed by atoms with Gasteiger partial charge in [-0.1, -0.05) is 30.3 Å². The summed E-state index contributed by atoms with van der Waals surface area (Å²) >= 11 is 0. The van der Waals surface area contributed by atoms with E-state index < -0.39 is 5.95 Å². The van der Waals surface area contributed by atoms with E-state index in [4.69, 9.17) is 0 Å². The maximum atomic E-state index is 13.1. The number of pyridine rings is 1. The third-order valence-corrected chi connectivity index (χ3v) is 6.75. The number of hydrogen-bond acceptors (Lipinski definition) is 4. The van der Waals surface area contributed by atoms with Gasteiger partial charge in [0, 0.05) is 38.8 Å². The summed E-state index contributed by atoms with van der Waals surface area (Å²) < 4.78 is 13.1. The molecular weight excluding hydrogens is 405 g/mol. The quantitative estimate of drug-likeness (QED) is 0.697. The van der Waals surface area contributed by atoms with Crippen molar-refractivity contribution in [2.45, 2.75) is 38.8 Å². The highest BCUT2D eigenvalue weighted by atomic mass is 19.1. The molecule has 0 saturated carbocycles. The average molecular weight is 440 g/mol. The van der Waals surface area contributed by atoms with Crippen molar-refractivity contribution in [1.29, 1.82) is 0 Å². The van der Waals surface area contributed by atoms with Gasteiger partial charge in [-0.05, 0) is 62.9 Å². The van der Waals surface area contributed by atoms with Crippen molar-refractivity contribution in [1.82, 2.24) is 20.1 Å². The first kappa shape index (κ1) is 22.5. The molecule has 2 aliphatic heterocycles. The Kier molecular flexibility index (Phi) is 7.58. The number of benzene rings is 1. The fraction of sp³-hybridized carbons (Fsp3) is 0.520. The van der Waals surface area contributed by atoms with Crippen molar-refractivity contribution in [3.05, 3.63) is 60.2 Å². The number of carbonyl (C=O) groups excluding carboxylic acids is 1. The van der Waals surface area contributed by atoms with E-state index >= 15 is 0 Å². The number of amides is 2. The van der Waals surface area contributed by atoms with Gasteiger partial charge in [0.25, 0.3) is 0 Å². The van der Waals surface area contributed by atoms with Crippen LogP contribution in [0.25, 0.3) is 0 Å². The second-order valence-electron chi connectivity index (χ2n) is 9.05. The molecule has 2 saturated heterocycles. The Morgan fingerprint density at radius 1 is 1.09 bits per heavy atom. The van der Waals surface area contributed by atoms with E-state index in [0.717, 1.165) is 51.4 Å². The molecule has 1 N–H and O–H groups in total. The molecule has 2 fully saturated rings. The van der Waals surface area contributed by atoms with Crippen LogP contribution in [0.15, 0.2) is 48.7 Å². The Morgan fingerprint density at radius 3 is 2.56 bits per heavy atom. The molecule has 0 bridgehead atoms. The summed E-state index contributed by atoms with van der Waals surface area (Å²) in [5, 5.41) is 3.14. The second-order valence-corrected chi connectivity index (χ2v) is 9.05. The van der Waals surface area contributed by atoms with E-state index in [-0.39, 0.29) is 12.1 Å². The first-order valence-electron chi connectivity index (χ1n) is 11.8. The largest absolute Gasteiger partial charge is 0.366 e. The fourth-order valence-corrected chi connectivity index (χ4v) is 4.81. The van der Waals surface area contributed by atoms with Gasteiger partial charge in [-0.15, -0.1) is 0 Å². The lowest BCUT2D eigenvalue weighted by atomic mass is 9.93. The number of piperazine rings is 1. The third-order valence-electron chi connectivity index (χ3n) is 6.75. The van der Waals surface area contributed by atoms with E-state index in [1.807, 2.05) is 4.90 Å². The van der Waals surface area contributed by atoms with Crippen molar-refractivity contribution in [2.24, 2.45) is 5.92 Å². The van der Waals surface area contributed by atoms with Gasteiger partial charge >= 0.3 is 6.03 Å². The summed E-state index contributed by atoms with van der Waals surface area (Å²) in [6, 6.07) is 13.9. The molecule has 6 nitrogen and oxygen atoms in total. The number of urea groups is 1. The van der Waals surface area contributed by atoms with Gasteiger partial charge in [0.15, 0.2) is 0 Å². The van der Waals surface area contributed by atoms with Crippen molar-refractivity contribution >= 4 is 11.7 Å². The van der Waals surface area contributed by atoms with Gasteiger partial charge < -0.3 is 15.1 Å². The molecule has 7 heteroatoms. The zero-order valence-electron chi connectivity index (χ0n) is 18.9. The van der Waals surface area contributed by atoms with E-state index in [9.17, 15) is 9.18 Å². The Balaban J connectivity index is 1.14. The van der Waals surface area contributed by atoms with E-state index in [0.29, 0.717) is 12.5 Å². The predicted molar refractivity (Wildman–Crippen MR) is 125 cm³/mol. The summed E-state index contributed by atoms with van der Waals surface area (Å²) in [6.45, 7) is 8.19. The van der Waals surface area contributed by atoms with E-state index in [1.54, 1.807) is 12.3 Å². The van der Waals surface area contributed by atoms with Crippen LogP contribution < -0.4 is 10.2 Å². The number of halogens is 1. The maximum Gasteiger partial charge on any atom is 0.317 e. The SMILES string of the molecule is C[C@@H]1CN(c2ccc(F)nc2)CCN1C(=O)NCCC1CCN(Cc2ccccc2)CC1. The summed E-state index contributed by atoms with van der Waals surface area (Å²) in [4.78, 5) is 23.1. The lowest BCUT2D eigenvalue weighted by Gasteiger charge is -2.40. The van der Waals surface area contributed by atoms with Crippen molar-refractivity contribution in [3.8, 4) is 0 Å². The Hall–Kier alpha value is -2.67. The number of rotatable bonds is 6. The normalized spacial score (nSPS) is 20.4. The van der Waals surface area contributed by atoms with Crippen LogP contribution in [-0.2, 0) is 6.54 Å². The minimum Gasteiger partial charge on any atom is -0.366 e.